The smallest absolute Gasteiger partial charge is 0.322 e. The normalized spacial score (nSPS) is 22.6. The van der Waals surface area contributed by atoms with Crippen LogP contribution in [0.25, 0.3) is 0 Å². The van der Waals surface area contributed by atoms with Gasteiger partial charge in [0.15, 0.2) is 0 Å². The molecular weight excluding hydrogens is 244 g/mol. The van der Waals surface area contributed by atoms with Crippen molar-refractivity contribution in [3.63, 3.8) is 0 Å². The highest BCUT2D eigenvalue weighted by Gasteiger charge is 2.38. The Morgan fingerprint density at radius 1 is 1.63 bits per heavy atom. The number of amides is 2. The second-order valence-corrected chi connectivity index (χ2v) is 4.85. The molecule has 1 N–H and O–H groups in total. The summed E-state index contributed by atoms with van der Waals surface area (Å²) in [7, 11) is 1.38. The van der Waals surface area contributed by atoms with E-state index in [0.717, 1.165) is 25.0 Å². The second-order valence-electron chi connectivity index (χ2n) is 4.85. The first-order valence-corrected chi connectivity index (χ1v) is 6.70. The van der Waals surface area contributed by atoms with Gasteiger partial charge < -0.3 is 10.1 Å². The van der Waals surface area contributed by atoms with Gasteiger partial charge in [0.25, 0.3) is 0 Å². The zero-order valence-electron chi connectivity index (χ0n) is 11.4. The van der Waals surface area contributed by atoms with Crippen LogP contribution in [0, 0.1) is 0 Å². The van der Waals surface area contributed by atoms with E-state index in [1.165, 1.54) is 7.11 Å². The predicted molar refractivity (Wildman–Crippen MR) is 71.3 cm³/mol. The molecule has 0 radical (unpaired) electrons. The highest BCUT2D eigenvalue weighted by Crippen LogP contribution is 2.28. The highest BCUT2D eigenvalue weighted by atomic mass is 16.5. The number of esters is 1. The van der Waals surface area contributed by atoms with E-state index in [9.17, 15) is 9.59 Å². The van der Waals surface area contributed by atoms with Crippen LogP contribution in [0.4, 0.5) is 4.79 Å². The summed E-state index contributed by atoms with van der Waals surface area (Å²) >= 11 is 0. The Bertz CT molecular complexity index is 428. The molecule has 19 heavy (non-hydrogen) atoms. The number of rotatable bonds is 5. The summed E-state index contributed by atoms with van der Waals surface area (Å²) in [5.74, 6) is -0.276. The molecule has 2 atom stereocenters. The maximum Gasteiger partial charge on any atom is 0.322 e. The number of hydrogen-bond donors (Lipinski definition) is 1. The van der Waals surface area contributed by atoms with Crippen molar-refractivity contribution < 1.29 is 14.3 Å². The van der Waals surface area contributed by atoms with Gasteiger partial charge in [-0.3, -0.25) is 9.69 Å². The molecule has 104 valence electrons. The largest absolute Gasteiger partial charge is 0.469 e. The van der Waals surface area contributed by atoms with E-state index >= 15 is 0 Å². The maximum atomic E-state index is 12.1. The zero-order chi connectivity index (χ0) is 13.8. The lowest BCUT2D eigenvalue weighted by molar-refractivity contribution is -0.141. The molecule has 0 spiro atoms. The first-order chi connectivity index (χ1) is 9.17. The lowest BCUT2D eigenvalue weighted by atomic mass is 10.0. The van der Waals surface area contributed by atoms with E-state index in [0.29, 0.717) is 0 Å². The number of carbonyl (C=O) groups excluding carboxylic acids is 2. The molecule has 0 aromatic carbocycles. The molecule has 1 heterocycles. The lowest BCUT2D eigenvalue weighted by Crippen LogP contribution is -2.38. The monoisotopic (exact) mass is 264 g/mol. The van der Waals surface area contributed by atoms with E-state index in [1.54, 1.807) is 4.90 Å². The van der Waals surface area contributed by atoms with Crippen LogP contribution < -0.4 is 5.32 Å². The molecule has 0 saturated carbocycles. The van der Waals surface area contributed by atoms with Crippen LogP contribution in [0.15, 0.2) is 23.9 Å². The van der Waals surface area contributed by atoms with E-state index in [1.807, 2.05) is 25.2 Å². The highest BCUT2D eigenvalue weighted by molar-refractivity contribution is 5.82. The number of hydrogen-bond acceptors (Lipinski definition) is 3. The summed E-state index contributed by atoms with van der Waals surface area (Å²) in [6.45, 7) is 2.05. The van der Waals surface area contributed by atoms with E-state index in [-0.39, 0.29) is 30.5 Å². The molecule has 5 nitrogen and oxygen atoms in total. The molecule has 2 unspecified atom stereocenters. The fourth-order valence-electron chi connectivity index (χ4n) is 2.64. The van der Waals surface area contributed by atoms with Crippen LogP contribution in [-0.2, 0) is 9.53 Å². The number of urea groups is 1. The van der Waals surface area contributed by atoms with Crippen molar-refractivity contribution in [2.24, 2.45) is 0 Å². The van der Waals surface area contributed by atoms with Crippen molar-refractivity contribution in [3.8, 4) is 0 Å². The number of carbonyl (C=O) groups is 2. The standard InChI is InChI=1S/C14H20N2O3/c1-3-6-10(9-13(17)19-2)16-12-8-5-4-7-11(12)15-14(16)18/h4-5,8,10-11H,3,6-7,9H2,1-2H3,(H,15,18). The number of nitrogens with one attached hydrogen (secondary N) is 1. The molecular formula is C14H20N2O3. The molecule has 2 rings (SSSR count). The van der Waals surface area contributed by atoms with Crippen LogP contribution >= 0.6 is 0 Å². The number of allylic oxidation sites excluding steroid dienone is 2. The number of fused-ring (bicyclic) bond motifs is 1. The minimum absolute atomic E-state index is 0.0505. The lowest BCUT2D eigenvalue weighted by Gasteiger charge is -2.28. The van der Waals surface area contributed by atoms with Crippen LogP contribution in [0.3, 0.4) is 0 Å². The average Bonchev–Trinajstić information content (AvgIpc) is 2.74. The number of nitrogens with zero attached hydrogens (tertiary/aromatic N) is 1. The molecule has 1 aliphatic heterocycles. The average molecular weight is 264 g/mol. The minimum atomic E-state index is -0.276. The topological polar surface area (TPSA) is 58.6 Å². The number of methoxy groups -OCH3 is 1. The van der Waals surface area contributed by atoms with Crippen LogP contribution in [0.2, 0.25) is 0 Å². The second kappa shape index (κ2) is 5.91. The van der Waals surface area contributed by atoms with Crippen molar-refractivity contribution in [1.29, 1.82) is 0 Å². The Morgan fingerprint density at radius 2 is 2.42 bits per heavy atom. The van der Waals surface area contributed by atoms with E-state index in [2.05, 4.69) is 5.32 Å². The summed E-state index contributed by atoms with van der Waals surface area (Å²) < 4.78 is 4.73. The summed E-state index contributed by atoms with van der Waals surface area (Å²) in [6, 6.07) is -0.183. The molecule has 0 aromatic heterocycles. The van der Waals surface area contributed by atoms with Gasteiger partial charge in [0.05, 0.1) is 19.6 Å². The van der Waals surface area contributed by atoms with Crippen LogP contribution in [-0.4, -0.2) is 36.1 Å². The molecule has 1 saturated heterocycles. The first-order valence-electron chi connectivity index (χ1n) is 6.70. The fourth-order valence-corrected chi connectivity index (χ4v) is 2.64. The molecule has 0 bridgehead atoms. The Labute approximate surface area is 113 Å². The SMILES string of the molecule is CCCC(CC(=O)OC)N1C(=O)NC2CC=CC=C21. The third-order valence-electron chi connectivity index (χ3n) is 3.54. The summed E-state index contributed by atoms with van der Waals surface area (Å²) in [6.07, 6.45) is 8.70. The van der Waals surface area contributed by atoms with Gasteiger partial charge in [0, 0.05) is 11.7 Å². The van der Waals surface area contributed by atoms with Crippen molar-refractivity contribution in [2.75, 3.05) is 7.11 Å². The minimum Gasteiger partial charge on any atom is -0.469 e. The third-order valence-corrected chi connectivity index (χ3v) is 3.54. The fraction of sp³-hybridized carbons (Fsp3) is 0.571. The number of ether oxygens (including phenoxy) is 1. The molecule has 1 aliphatic carbocycles. The van der Waals surface area contributed by atoms with Gasteiger partial charge in [0.1, 0.15) is 0 Å². The predicted octanol–water partition coefficient (Wildman–Crippen LogP) is 1.96. The van der Waals surface area contributed by atoms with Gasteiger partial charge in [0.2, 0.25) is 0 Å². The Balaban J connectivity index is 2.19. The molecule has 1 fully saturated rings. The van der Waals surface area contributed by atoms with Crippen molar-refractivity contribution in [2.45, 2.75) is 44.7 Å². The Kier molecular flexibility index (Phi) is 4.24. The first kappa shape index (κ1) is 13.6. The third kappa shape index (κ3) is 2.80. The summed E-state index contributed by atoms with van der Waals surface area (Å²) in [5.41, 5.74) is 0.967. The van der Waals surface area contributed by atoms with Crippen molar-refractivity contribution in [1.82, 2.24) is 10.2 Å². The van der Waals surface area contributed by atoms with Crippen LogP contribution in [0.1, 0.15) is 32.6 Å². The van der Waals surface area contributed by atoms with Gasteiger partial charge in [-0.1, -0.05) is 25.5 Å². The van der Waals surface area contributed by atoms with Crippen LogP contribution in [0.5, 0.6) is 0 Å². The van der Waals surface area contributed by atoms with E-state index < -0.39 is 0 Å². The Hall–Kier alpha value is -1.78. The molecule has 0 aromatic rings. The van der Waals surface area contributed by atoms with Gasteiger partial charge in [-0.2, -0.15) is 0 Å². The van der Waals surface area contributed by atoms with Gasteiger partial charge >= 0.3 is 12.0 Å². The van der Waals surface area contributed by atoms with Gasteiger partial charge in [-0.05, 0) is 18.9 Å². The Morgan fingerprint density at radius 3 is 3.11 bits per heavy atom. The quantitative estimate of drug-likeness (QED) is 0.772. The summed E-state index contributed by atoms with van der Waals surface area (Å²) in [4.78, 5) is 25.4. The van der Waals surface area contributed by atoms with Crippen molar-refractivity contribution in [3.05, 3.63) is 23.9 Å². The van der Waals surface area contributed by atoms with Crippen molar-refractivity contribution >= 4 is 12.0 Å². The molecule has 2 amide bonds. The summed E-state index contributed by atoms with van der Waals surface area (Å²) in [5, 5.41) is 2.95. The zero-order valence-corrected chi connectivity index (χ0v) is 11.4. The van der Waals surface area contributed by atoms with Gasteiger partial charge in [-0.15, -0.1) is 0 Å². The maximum absolute atomic E-state index is 12.1. The van der Waals surface area contributed by atoms with Gasteiger partial charge in [-0.25, -0.2) is 4.79 Å². The molecule has 5 heteroatoms. The molecule has 2 aliphatic rings. The van der Waals surface area contributed by atoms with E-state index in [4.69, 9.17) is 4.74 Å².